The molecule has 13 N–H and O–H groups in total. The molecular weight excluding hydrogens is 1590 g/mol. The number of nitrogens with zero attached hydrogens (tertiary/aromatic N) is 9. The molecule has 0 aliphatic rings. The van der Waals surface area contributed by atoms with E-state index in [0.29, 0.717) is 9.79 Å². The number of thioether (sulfide) groups is 2. The number of aliphatic hydroxyl groups excluding tert-OH is 1. The monoisotopic (exact) mass is 1630 g/mol. The topological polar surface area (TPSA) is 615 Å². The molecule has 0 unspecified atom stereocenters. The third-order valence-electron chi connectivity index (χ3n) is 13.1. The second-order valence-electron chi connectivity index (χ2n) is 19.8. The molecule has 0 bridgehead atoms. The molecule has 0 aromatic heterocycles. The lowest BCUT2D eigenvalue weighted by atomic mass is 10.1. The predicted octanol–water partition coefficient (Wildman–Crippen LogP) is 10.6. The number of aromatic hydroxyl groups is 2. The van der Waals surface area contributed by atoms with Crippen molar-refractivity contribution in [2.45, 2.75) is 39.2 Å². The number of anilines is 2. The molecule has 40 nitrogen and oxygen atoms in total. The molecule has 8 rings (SSSR count). The van der Waals surface area contributed by atoms with Gasteiger partial charge in [0.2, 0.25) is 0 Å². The van der Waals surface area contributed by atoms with Crippen molar-refractivity contribution in [1.29, 1.82) is 0 Å². The average Bonchev–Trinajstić information content (AvgIpc) is 0.753. The van der Waals surface area contributed by atoms with Crippen LogP contribution in [-0.2, 0) is 97.9 Å². The van der Waals surface area contributed by atoms with Gasteiger partial charge in [-0.3, -0.25) is 32.9 Å². The first-order valence-electron chi connectivity index (χ1n) is 27.4. The van der Waals surface area contributed by atoms with Gasteiger partial charge in [0, 0.05) is 39.9 Å². The summed E-state index contributed by atoms with van der Waals surface area (Å²) in [7, 11) is -28.5. The zero-order valence-corrected chi connectivity index (χ0v) is 59.4. The maximum Gasteiger partial charge on any atom is 0.433 e. The van der Waals surface area contributed by atoms with Crippen molar-refractivity contribution in [3.05, 3.63) is 121 Å². The van der Waals surface area contributed by atoms with E-state index in [0.717, 1.165) is 59.9 Å². The van der Waals surface area contributed by atoms with E-state index in [4.69, 9.17) is 31.1 Å². The number of phenols is 2. The highest BCUT2D eigenvalue weighted by Gasteiger charge is 2.29. The fraction of sp³-hybridized carbons (Fsp3) is 0.111. The number of nitrogens with two attached hydrogens (primary N) is 2. The van der Waals surface area contributed by atoms with E-state index in [1.54, 1.807) is 0 Å². The number of sulfone groups is 2. The Hall–Kier alpha value is -8.86. The smallest absolute Gasteiger partial charge is 0.433 e. The minimum absolute atomic E-state index is 0.0922. The quantitative estimate of drug-likeness (QED) is 0.00273. The van der Waals surface area contributed by atoms with Crippen LogP contribution in [0.15, 0.2) is 201 Å². The lowest BCUT2D eigenvalue weighted by Crippen LogP contribution is -2.35. The maximum atomic E-state index is 13.7. The van der Waals surface area contributed by atoms with Crippen molar-refractivity contribution < 1.29 is 132 Å². The van der Waals surface area contributed by atoms with Gasteiger partial charge in [0.25, 0.3) is 20.2 Å². The van der Waals surface area contributed by atoms with Crippen molar-refractivity contribution >= 4 is 187 Å². The molecule has 0 atom stereocenters. The first-order valence-corrected chi connectivity index (χ1v) is 39.5. The third kappa shape index (κ3) is 22.3. The molecule has 0 amide bonds. The zero-order valence-electron chi connectivity index (χ0n) is 51.2. The molecular formula is C54H45N11O29S10. The SMILES string of the molecule is Nc1c(N=Nc2ccc(S(=O)(=O)CCN(CCO)CCS(=O)(=O)c3ccc(N=Nc4c(S(=O)(=O)O)cc5cc(SOOO)c(N=Nc6ccc(SC#COOS(=O)(=O)O)cc6)c(O)c5c4N)cc3)cc2)c(S(=O)(=O)O)cc2cc(SOOO)c(N=Nc3ccc(SC#COOS(=O)(=O)O)cc3)c(O)c12. The van der Waals surface area contributed by atoms with E-state index in [2.05, 4.69) is 88.6 Å². The van der Waals surface area contributed by atoms with Crippen LogP contribution in [0.1, 0.15) is 0 Å². The van der Waals surface area contributed by atoms with Gasteiger partial charge < -0.3 is 26.8 Å². The van der Waals surface area contributed by atoms with Crippen LogP contribution in [0.2, 0.25) is 0 Å². The number of benzene rings is 8. The van der Waals surface area contributed by atoms with Gasteiger partial charge in [-0.2, -0.15) is 54.1 Å². The maximum absolute atomic E-state index is 13.7. The van der Waals surface area contributed by atoms with Gasteiger partial charge in [0.15, 0.2) is 43.4 Å². The minimum atomic E-state index is -5.19. The fourth-order valence-corrected chi connectivity index (χ4v) is 14.7. The number of nitrogen functional groups attached to an aromatic ring is 2. The lowest BCUT2D eigenvalue weighted by Gasteiger charge is -2.21. The number of aliphatic hydroxyl groups is 1. The third-order valence-corrected chi connectivity index (χ3v) is 21.4. The molecule has 8 aromatic rings. The second-order valence-corrected chi connectivity index (χ2v) is 32.0. The van der Waals surface area contributed by atoms with Crippen LogP contribution in [0.4, 0.5) is 56.9 Å². The summed E-state index contributed by atoms with van der Waals surface area (Å²) in [5, 5.41) is 94.1. The Morgan fingerprint density at radius 3 is 1.08 bits per heavy atom. The Morgan fingerprint density at radius 2 is 0.769 bits per heavy atom. The Morgan fingerprint density at radius 1 is 0.442 bits per heavy atom. The molecule has 50 heteroatoms. The summed E-state index contributed by atoms with van der Waals surface area (Å²) in [4.78, 5) is 7.72. The van der Waals surface area contributed by atoms with Crippen LogP contribution in [-0.4, -0.2) is 137 Å². The summed E-state index contributed by atoms with van der Waals surface area (Å²) in [6.07, 6.45) is 3.75. The van der Waals surface area contributed by atoms with E-state index in [1.807, 2.05) is 12.2 Å². The van der Waals surface area contributed by atoms with Crippen molar-refractivity contribution in [3.63, 3.8) is 0 Å². The van der Waals surface area contributed by atoms with Gasteiger partial charge >= 0.3 is 20.8 Å². The van der Waals surface area contributed by atoms with Crippen LogP contribution >= 0.6 is 47.6 Å². The Bertz CT molecular complexity index is 5200. The number of azo groups is 4. The Kier molecular flexibility index (Phi) is 27.4. The number of hydrogen-bond acceptors (Lipinski definition) is 40. The molecule has 8 aromatic carbocycles. The van der Waals surface area contributed by atoms with Crippen LogP contribution < -0.4 is 11.5 Å². The van der Waals surface area contributed by atoms with E-state index >= 15 is 0 Å². The van der Waals surface area contributed by atoms with Gasteiger partial charge in [-0.1, -0.05) is 10.1 Å². The summed E-state index contributed by atoms with van der Waals surface area (Å²) in [6.45, 7) is -1.28. The highest BCUT2D eigenvalue weighted by atomic mass is 32.3. The van der Waals surface area contributed by atoms with E-state index in [-0.39, 0.29) is 119 Å². The number of rotatable bonds is 32. The summed E-state index contributed by atoms with van der Waals surface area (Å²) in [5.74, 6) is -2.74. The lowest BCUT2D eigenvalue weighted by molar-refractivity contribution is -0.432. The van der Waals surface area contributed by atoms with Crippen LogP contribution in [0, 0.1) is 22.7 Å². The highest BCUT2D eigenvalue weighted by molar-refractivity contribution is 8.04. The van der Waals surface area contributed by atoms with Gasteiger partial charge in [0.1, 0.15) is 32.5 Å². The van der Waals surface area contributed by atoms with Gasteiger partial charge in [0.05, 0.1) is 107 Å². The summed E-state index contributed by atoms with van der Waals surface area (Å²) in [5.41, 5.74) is 9.65. The average molecular weight is 1630 g/mol. The summed E-state index contributed by atoms with van der Waals surface area (Å²) >= 11 is 2.24. The Balaban J connectivity index is 0.941. The molecule has 104 heavy (non-hydrogen) atoms. The molecule has 550 valence electrons. The molecule has 0 fully saturated rings. The van der Waals surface area contributed by atoms with Gasteiger partial charge in [-0.05, 0) is 164 Å². The van der Waals surface area contributed by atoms with Crippen molar-refractivity contribution in [1.82, 2.24) is 4.90 Å². The molecule has 0 heterocycles. The van der Waals surface area contributed by atoms with Crippen LogP contribution in [0.3, 0.4) is 0 Å². The Labute approximate surface area is 604 Å². The summed E-state index contributed by atoms with van der Waals surface area (Å²) in [6, 6.07) is 24.9. The van der Waals surface area contributed by atoms with Crippen LogP contribution in [0.5, 0.6) is 11.5 Å². The first kappa shape index (κ1) is 80.8. The number of fused-ring (bicyclic) bond motifs is 2. The summed E-state index contributed by atoms with van der Waals surface area (Å²) < 4.78 is 202. The van der Waals surface area contributed by atoms with E-state index in [1.165, 1.54) is 89.8 Å². The predicted molar refractivity (Wildman–Crippen MR) is 366 cm³/mol. The molecule has 0 saturated heterocycles. The number of hydrogen-bond donors (Lipinski definition) is 11. The molecule has 0 spiro atoms. The van der Waals surface area contributed by atoms with Crippen molar-refractivity contribution in [3.8, 4) is 34.2 Å². The van der Waals surface area contributed by atoms with Gasteiger partial charge in [-0.25, -0.2) is 27.4 Å². The molecule has 0 aliphatic heterocycles. The normalized spacial score (nSPS) is 12.6. The van der Waals surface area contributed by atoms with E-state index < -0.39 is 123 Å². The van der Waals surface area contributed by atoms with Crippen LogP contribution in [0.25, 0.3) is 21.5 Å². The van der Waals surface area contributed by atoms with E-state index in [9.17, 15) is 74.9 Å². The molecule has 0 saturated carbocycles. The largest absolute Gasteiger partial charge is 0.505 e. The second kappa shape index (κ2) is 35.3. The minimum Gasteiger partial charge on any atom is -0.505 e. The van der Waals surface area contributed by atoms with Crippen molar-refractivity contribution in [2.75, 3.05) is 49.2 Å². The zero-order chi connectivity index (χ0) is 75.8. The first-order chi connectivity index (χ1) is 49.1. The molecule has 0 radical (unpaired) electrons. The van der Waals surface area contributed by atoms with Crippen molar-refractivity contribution in [2.24, 2.45) is 40.9 Å². The standard InChI is InChI=1S/C54H45N11O29S10/c55-47-45-31(27-41(97-91-89-69)49(53(45)67)61-57-33-1-9-37(10-2-33)95-23-21-87-93-103(81,82)83)29-43(101(75,76)77)51(47)63-59-35-5-13-39(14-6-35)99(71,72)25-18-65(17-20-66)19-26-100(73,74)40-15-7-36(8-16-40)60-64-52-44(102(78,79)80)30-32-28-42(98-92-90-70)50(54(68)46(32)48(52)56)62-58-34-3-11-38(12-4-34)96-24-22-88-94-104(84,85)86/h1-16,27-30,66-70H,17-20,25-26,55-56H2,(H,75,76,77)(H,78,79,80)(H,81,82,83)(H,84,85,86). The molecule has 0 aliphatic carbocycles. The highest BCUT2D eigenvalue weighted by Crippen LogP contribution is 2.52. The fourth-order valence-electron chi connectivity index (χ4n) is 8.60. The van der Waals surface area contributed by atoms with Gasteiger partial charge in [-0.15, -0.1) is 29.1 Å². The number of phenolic OH excluding ortho intramolecular Hbond substituents is 2.